The number of nitrogens with zero attached hydrogens (tertiary/aromatic N) is 2. The van der Waals surface area contributed by atoms with Crippen molar-refractivity contribution in [3.63, 3.8) is 0 Å². The number of carbonyl (C=O) groups is 1. The number of carbonyl (C=O) groups excluding carboxylic acids is 1. The number of ether oxygens (including phenoxy) is 3. The Morgan fingerprint density at radius 3 is 2.44 bits per heavy atom. The van der Waals surface area contributed by atoms with Gasteiger partial charge in [-0.05, 0) is 31.2 Å². The van der Waals surface area contributed by atoms with Crippen LogP contribution in [0.1, 0.15) is 18.8 Å². The maximum absolute atomic E-state index is 12.5. The normalized spacial score (nSPS) is 12.1. The molecule has 0 spiro atoms. The van der Waals surface area contributed by atoms with Crippen molar-refractivity contribution < 1.29 is 28.8 Å². The minimum Gasteiger partial charge on any atom is -0.488 e. The largest absolute Gasteiger partial charge is 0.488 e. The molecule has 9 nitrogen and oxygen atoms in total. The first-order valence-electron chi connectivity index (χ1n) is 9.60. The monoisotopic (exact) mass is 459 g/mol. The van der Waals surface area contributed by atoms with Crippen LogP contribution in [0, 0.1) is 0 Å². The van der Waals surface area contributed by atoms with E-state index in [1.807, 2.05) is 6.92 Å². The Hall–Kier alpha value is -3.50. The summed E-state index contributed by atoms with van der Waals surface area (Å²) >= 11 is 0. The lowest BCUT2D eigenvalue weighted by Gasteiger charge is -2.16. The first kappa shape index (κ1) is 23.2. The van der Waals surface area contributed by atoms with Crippen molar-refractivity contribution in [2.45, 2.75) is 17.9 Å². The lowest BCUT2D eigenvalue weighted by molar-refractivity contribution is 0.0920. The summed E-state index contributed by atoms with van der Waals surface area (Å²) in [7, 11) is -1.74. The van der Waals surface area contributed by atoms with Crippen LogP contribution in [0.25, 0.3) is 0 Å². The van der Waals surface area contributed by atoms with Gasteiger partial charge in [0.25, 0.3) is 5.91 Å². The predicted octanol–water partition coefficient (Wildman–Crippen LogP) is 3.58. The average molecular weight is 460 g/mol. The molecule has 32 heavy (non-hydrogen) atoms. The molecule has 1 amide bonds. The van der Waals surface area contributed by atoms with Gasteiger partial charge in [0.1, 0.15) is 29.0 Å². The molecular weight excluding hydrogens is 434 g/mol. The predicted molar refractivity (Wildman–Crippen MR) is 120 cm³/mol. The number of sulfone groups is 1. The summed E-state index contributed by atoms with van der Waals surface area (Å²) in [5.74, 6) is 0.817. The summed E-state index contributed by atoms with van der Waals surface area (Å²) in [4.78, 5) is 20.5. The number of benzene rings is 2. The molecule has 0 aliphatic carbocycles. The van der Waals surface area contributed by atoms with Crippen molar-refractivity contribution in [2.24, 2.45) is 0 Å². The fraction of sp³-hybridized carbons (Fsp3) is 0.227. The molecular formula is C22H25N3O6S. The zero-order valence-electron chi connectivity index (χ0n) is 17.8. The Morgan fingerprint density at radius 2 is 1.81 bits per heavy atom. The Bertz CT molecular complexity index is 1170. The molecule has 170 valence electrons. The summed E-state index contributed by atoms with van der Waals surface area (Å²) in [5.41, 5.74) is 0.580. The molecule has 0 fully saturated rings. The molecule has 0 aliphatic rings. The van der Waals surface area contributed by atoms with Crippen LogP contribution >= 0.6 is 0 Å². The number of methoxy groups -OCH3 is 1. The van der Waals surface area contributed by atoms with Crippen LogP contribution in [0.5, 0.6) is 17.2 Å². The molecule has 0 saturated carbocycles. The molecule has 1 heterocycles. The van der Waals surface area contributed by atoms with E-state index in [2.05, 4.69) is 15.3 Å². The van der Waals surface area contributed by atoms with Crippen molar-refractivity contribution in [1.29, 1.82) is 0 Å². The fourth-order valence-corrected chi connectivity index (χ4v) is 3.40. The van der Waals surface area contributed by atoms with Crippen LogP contribution in [0.15, 0.2) is 66.0 Å². The van der Waals surface area contributed by atoms with E-state index in [-0.39, 0.29) is 18.1 Å². The van der Waals surface area contributed by atoms with E-state index in [9.17, 15) is 13.2 Å². The van der Waals surface area contributed by atoms with Crippen LogP contribution in [0.4, 0.5) is 5.69 Å². The molecule has 3 rings (SSSR count). The Balaban J connectivity index is 0.00000385. The van der Waals surface area contributed by atoms with E-state index in [0.717, 1.165) is 6.26 Å². The van der Waals surface area contributed by atoms with Gasteiger partial charge in [-0.1, -0.05) is 0 Å². The van der Waals surface area contributed by atoms with Gasteiger partial charge in [0.05, 0.1) is 17.7 Å². The highest BCUT2D eigenvalue weighted by Gasteiger charge is 2.13. The van der Waals surface area contributed by atoms with Crippen LogP contribution in [0.2, 0.25) is 0 Å². The van der Waals surface area contributed by atoms with E-state index in [0.29, 0.717) is 29.5 Å². The van der Waals surface area contributed by atoms with Gasteiger partial charge in [-0.3, -0.25) is 9.78 Å². The van der Waals surface area contributed by atoms with Gasteiger partial charge < -0.3 is 19.5 Å². The average Bonchev–Trinajstić information content (AvgIpc) is 2.74. The lowest BCUT2D eigenvalue weighted by atomic mass is 10.2. The fourth-order valence-electron chi connectivity index (χ4n) is 2.77. The summed E-state index contributed by atoms with van der Waals surface area (Å²) < 4.78 is 40.1. The lowest BCUT2D eigenvalue weighted by Crippen LogP contribution is -2.18. The number of rotatable bonds is 9. The second-order valence-corrected chi connectivity index (χ2v) is 8.98. The van der Waals surface area contributed by atoms with E-state index in [1.54, 1.807) is 37.4 Å². The topological polar surface area (TPSA) is 117 Å². The van der Waals surface area contributed by atoms with Crippen molar-refractivity contribution in [3.8, 4) is 17.2 Å². The van der Waals surface area contributed by atoms with Gasteiger partial charge in [0, 0.05) is 51.1 Å². The highest BCUT2D eigenvalue weighted by molar-refractivity contribution is 7.90. The summed E-state index contributed by atoms with van der Waals surface area (Å²) in [6, 6.07) is 11.0. The van der Waals surface area contributed by atoms with Crippen LogP contribution in [-0.4, -0.2) is 50.4 Å². The van der Waals surface area contributed by atoms with Gasteiger partial charge in [-0.2, -0.15) is 0 Å². The SMILES string of the molecule is COC[C@H](C)Oc1cc(NC(=O)c2cnccn2)cc(Oc2ccc(S(C)(=O)=O)cc2)c1.[HH]. The molecule has 0 radical (unpaired) electrons. The van der Waals surface area contributed by atoms with Crippen LogP contribution < -0.4 is 14.8 Å². The highest BCUT2D eigenvalue weighted by atomic mass is 32.2. The molecule has 0 aliphatic heterocycles. The van der Waals surface area contributed by atoms with Gasteiger partial charge in [-0.25, -0.2) is 13.4 Å². The molecule has 0 bridgehead atoms. The van der Waals surface area contributed by atoms with E-state index < -0.39 is 15.7 Å². The van der Waals surface area contributed by atoms with Crippen LogP contribution in [0.3, 0.4) is 0 Å². The second kappa shape index (κ2) is 10.2. The minimum absolute atomic E-state index is 0. The second-order valence-electron chi connectivity index (χ2n) is 6.97. The Kier molecular flexibility index (Phi) is 7.39. The zero-order valence-corrected chi connectivity index (χ0v) is 18.6. The quantitative estimate of drug-likeness (QED) is 0.516. The molecule has 0 saturated heterocycles. The number of anilines is 1. The Morgan fingerprint density at radius 1 is 1.09 bits per heavy atom. The number of hydrogen-bond donors (Lipinski definition) is 1. The van der Waals surface area contributed by atoms with Crippen molar-refractivity contribution in [2.75, 3.05) is 25.3 Å². The van der Waals surface area contributed by atoms with E-state index >= 15 is 0 Å². The standard InChI is InChI=1S/C22H23N3O6S.H2/c1-15(14-29-2)30-18-10-16(25-22(26)21-13-23-8-9-24-21)11-19(12-18)31-17-4-6-20(7-5-17)32(3,27)28;/h4-13,15H,14H2,1-3H3,(H,25,26);1H/t15-;/m0./s1. The third-order valence-electron chi connectivity index (χ3n) is 4.16. The molecule has 1 atom stereocenters. The number of hydrogen-bond acceptors (Lipinski definition) is 8. The third-order valence-corrected chi connectivity index (χ3v) is 5.29. The summed E-state index contributed by atoms with van der Waals surface area (Å²) in [6.07, 6.45) is 5.15. The smallest absolute Gasteiger partial charge is 0.275 e. The maximum Gasteiger partial charge on any atom is 0.275 e. The third kappa shape index (κ3) is 6.50. The van der Waals surface area contributed by atoms with Gasteiger partial charge in [0.2, 0.25) is 0 Å². The van der Waals surface area contributed by atoms with Gasteiger partial charge in [-0.15, -0.1) is 0 Å². The van der Waals surface area contributed by atoms with E-state index in [1.165, 1.54) is 30.7 Å². The molecule has 0 unspecified atom stereocenters. The number of nitrogens with one attached hydrogen (secondary N) is 1. The van der Waals surface area contributed by atoms with Crippen molar-refractivity contribution in [3.05, 3.63) is 66.7 Å². The Labute approximate surface area is 187 Å². The number of amides is 1. The molecule has 1 N–H and O–H groups in total. The summed E-state index contributed by atoms with van der Waals surface area (Å²) in [5, 5.41) is 2.75. The van der Waals surface area contributed by atoms with Gasteiger partial charge >= 0.3 is 0 Å². The minimum atomic E-state index is -3.31. The van der Waals surface area contributed by atoms with E-state index in [4.69, 9.17) is 14.2 Å². The van der Waals surface area contributed by atoms with Crippen LogP contribution in [-0.2, 0) is 14.6 Å². The molecule has 2 aromatic carbocycles. The highest BCUT2D eigenvalue weighted by Crippen LogP contribution is 2.31. The van der Waals surface area contributed by atoms with Crippen molar-refractivity contribution >= 4 is 21.4 Å². The first-order chi connectivity index (χ1) is 15.2. The maximum atomic E-state index is 12.5. The zero-order chi connectivity index (χ0) is 23.1. The summed E-state index contributed by atoms with van der Waals surface area (Å²) in [6.45, 7) is 2.22. The van der Waals surface area contributed by atoms with Gasteiger partial charge in [0.15, 0.2) is 9.84 Å². The first-order valence-corrected chi connectivity index (χ1v) is 11.5. The molecule has 1 aromatic heterocycles. The van der Waals surface area contributed by atoms with Crippen molar-refractivity contribution in [1.82, 2.24) is 9.97 Å². The molecule has 10 heteroatoms. The number of aromatic nitrogens is 2. The molecule has 3 aromatic rings.